The van der Waals surface area contributed by atoms with Gasteiger partial charge in [0, 0.05) is 4.47 Å². The van der Waals surface area contributed by atoms with E-state index in [1.807, 2.05) is 49.4 Å². The van der Waals surface area contributed by atoms with E-state index in [2.05, 4.69) is 47.2 Å². The van der Waals surface area contributed by atoms with Crippen LogP contribution in [0.1, 0.15) is 38.8 Å². The molecule has 0 spiro atoms. The summed E-state index contributed by atoms with van der Waals surface area (Å²) in [6.45, 7) is 8.37. The summed E-state index contributed by atoms with van der Waals surface area (Å²) in [7, 11) is 0. The Kier molecular flexibility index (Phi) is 5.56. The monoisotopic (exact) mass is 430 g/mol. The van der Waals surface area contributed by atoms with Crippen molar-refractivity contribution in [2.24, 2.45) is 5.10 Å². The summed E-state index contributed by atoms with van der Waals surface area (Å²) in [6.07, 6.45) is -0.744. The number of amides is 1. The van der Waals surface area contributed by atoms with Gasteiger partial charge in [0.15, 0.2) is 11.5 Å². The molecule has 2 aromatic rings. The van der Waals surface area contributed by atoms with Crippen molar-refractivity contribution in [3.8, 4) is 11.5 Å². The predicted molar refractivity (Wildman–Crippen MR) is 110 cm³/mol. The third-order valence-electron chi connectivity index (χ3n) is 4.34. The Balaban J connectivity index is 1.69. The van der Waals surface area contributed by atoms with Crippen LogP contribution in [0.2, 0.25) is 0 Å². The van der Waals surface area contributed by atoms with Gasteiger partial charge in [-0.25, -0.2) is 5.43 Å². The first-order chi connectivity index (χ1) is 12.7. The van der Waals surface area contributed by atoms with Crippen molar-refractivity contribution in [1.82, 2.24) is 5.43 Å². The maximum atomic E-state index is 12.5. The standard InChI is InChI=1S/C21H23BrN2O3/c1-13(14-6-5-7-16(22)10-14)23-24-20(25)19-12-26-17-9-8-15(21(2,3)4)11-18(17)27-19/h5-11,19H,12H2,1-4H3,(H,24,25)/b23-13-. The van der Waals surface area contributed by atoms with Gasteiger partial charge in [-0.3, -0.25) is 4.79 Å². The van der Waals surface area contributed by atoms with Crippen LogP contribution in [-0.2, 0) is 10.2 Å². The first-order valence-corrected chi connectivity index (χ1v) is 9.57. The Morgan fingerprint density at radius 2 is 1.96 bits per heavy atom. The number of carbonyl (C=O) groups is 1. The second kappa shape index (κ2) is 7.72. The van der Waals surface area contributed by atoms with Gasteiger partial charge in [0.1, 0.15) is 6.61 Å². The maximum absolute atomic E-state index is 12.5. The van der Waals surface area contributed by atoms with E-state index < -0.39 is 6.10 Å². The van der Waals surface area contributed by atoms with Crippen LogP contribution in [0.3, 0.4) is 0 Å². The van der Waals surface area contributed by atoms with Gasteiger partial charge in [-0.15, -0.1) is 0 Å². The fraction of sp³-hybridized carbons (Fsp3) is 0.333. The van der Waals surface area contributed by atoms with Crippen LogP contribution < -0.4 is 14.9 Å². The summed E-state index contributed by atoms with van der Waals surface area (Å²) in [5, 5.41) is 4.18. The van der Waals surface area contributed by atoms with E-state index in [0.717, 1.165) is 15.6 Å². The average molecular weight is 431 g/mol. The molecular weight excluding hydrogens is 408 g/mol. The number of ether oxygens (including phenoxy) is 2. The molecular formula is C21H23BrN2O3. The van der Waals surface area contributed by atoms with E-state index in [9.17, 15) is 4.79 Å². The summed E-state index contributed by atoms with van der Waals surface area (Å²) in [5.41, 5.74) is 5.31. The molecule has 0 fully saturated rings. The van der Waals surface area contributed by atoms with Crippen molar-refractivity contribution in [3.05, 3.63) is 58.1 Å². The lowest BCUT2D eigenvalue weighted by Crippen LogP contribution is -2.42. The Morgan fingerprint density at radius 1 is 1.19 bits per heavy atom. The molecule has 6 heteroatoms. The average Bonchev–Trinajstić information content (AvgIpc) is 2.64. The largest absolute Gasteiger partial charge is 0.485 e. The van der Waals surface area contributed by atoms with E-state index in [1.165, 1.54) is 0 Å². The molecule has 5 nitrogen and oxygen atoms in total. The molecule has 27 heavy (non-hydrogen) atoms. The minimum absolute atomic E-state index is 0.0149. The van der Waals surface area contributed by atoms with Gasteiger partial charge in [-0.1, -0.05) is 54.9 Å². The molecule has 1 unspecified atom stereocenters. The molecule has 1 amide bonds. The Bertz CT molecular complexity index is 887. The van der Waals surface area contributed by atoms with Gasteiger partial charge in [-0.05, 0) is 47.7 Å². The quantitative estimate of drug-likeness (QED) is 0.578. The summed E-state index contributed by atoms with van der Waals surface area (Å²) in [5.74, 6) is 0.901. The Hall–Kier alpha value is -2.34. The summed E-state index contributed by atoms with van der Waals surface area (Å²) in [4.78, 5) is 12.5. The molecule has 2 aromatic carbocycles. The SMILES string of the molecule is C/C(=N/NC(=O)C1COc2ccc(C(C)(C)C)cc2O1)c1cccc(Br)c1. The van der Waals surface area contributed by atoms with Crippen LogP contribution in [-0.4, -0.2) is 24.3 Å². The number of hydrogen-bond donors (Lipinski definition) is 1. The van der Waals surface area contributed by atoms with Crippen LogP contribution in [0.15, 0.2) is 52.0 Å². The highest BCUT2D eigenvalue weighted by molar-refractivity contribution is 9.10. The topological polar surface area (TPSA) is 59.9 Å². The number of hydrogen-bond acceptors (Lipinski definition) is 4. The number of hydrazone groups is 1. The van der Waals surface area contributed by atoms with Crippen molar-refractivity contribution in [3.63, 3.8) is 0 Å². The summed E-state index contributed by atoms with van der Waals surface area (Å²) < 4.78 is 12.5. The number of benzene rings is 2. The zero-order chi connectivity index (χ0) is 19.6. The normalized spacial score (nSPS) is 16.8. The lowest BCUT2D eigenvalue weighted by molar-refractivity contribution is -0.130. The Morgan fingerprint density at radius 3 is 2.67 bits per heavy atom. The molecule has 0 bridgehead atoms. The lowest BCUT2D eigenvalue weighted by atomic mass is 9.87. The van der Waals surface area contributed by atoms with Gasteiger partial charge in [0.2, 0.25) is 6.10 Å². The number of nitrogens with zero attached hydrogens (tertiary/aromatic N) is 1. The van der Waals surface area contributed by atoms with Crippen LogP contribution in [0.25, 0.3) is 0 Å². The first-order valence-electron chi connectivity index (χ1n) is 8.78. The van der Waals surface area contributed by atoms with Gasteiger partial charge in [0.25, 0.3) is 5.91 Å². The molecule has 142 valence electrons. The summed E-state index contributed by atoms with van der Waals surface area (Å²) in [6, 6.07) is 13.6. The molecule has 0 aliphatic carbocycles. The lowest BCUT2D eigenvalue weighted by Gasteiger charge is -2.27. The molecule has 0 radical (unpaired) electrons. The van der Waals surface area contributed by atoms with E-state index in [-0.39, 0.29) is 17.9 Å². The number of rotatable bonds is 3. The zero-order valence-corrected chi connectivity index (χ0v) is 17.5. The highest BCUT2D eigenvalue weighted by Crippen LogP contribution is 2.36. The first kappa shape index (κ1) is 19.4. The van der Waals surface area contributed by atoms with E-state index in [0.29, 0.717) is 17.2 Å². The molecule has 1 aliphatic heterocycles. The molecule has 1 aliphatic rings. The minimum atomic E-state index is -0.744. The van der Waals surface area contributed by atoms with Crippen molar-refractivity contribution < 1.29 is 14.3 Å². The minimum Gasteiger partial charge on any atom is -0.485 e. The molecule has 1 N–H and O–H groups in total. The Labute approximate surface area is 167 Å². The van der Waals surface area contributed by atoms with Crippen molar-refractivity contribution >= 4 is 27.5 Å². The number of fused-ring (bicyclic) bond motifs is 1. The fourth-order valence-electron chi connectivity index (χ4n) is 2.66. The second-order valence-corrected chi connectivity index (χ2v) is 8.43. The smallest absolute Gasteiger partial charge is 0.284 e. The van der Waals surface area contributed by atoms with Crippen molar-refractivity contribution in [2.45, 2.75) is 39.2 Å². The molecule has 1 atom stereocenters. The highest BCUT2D eigenvalue weighted by atomic mass is 79.9. The molecule has 0 aromatic heterocycles. The second-order valence-electron chi connectivity index (χ2n) is 7.51. The predicted octanol–water partition coefficient (Wildman–Crippen LogP) is 4.43. The van der Waals surface area contributed by atoms with Crippen LogP contribution in [0.5, 0.6) is 11.5 Å². The van der Waals surface area contributed by atoms with Gasteiger partial charge >= 0.3 is 0 Å². The number of carbonyl (C=O) groups excluding carboxylic acids is 1. The fourth-order valence-corrected chi connectivity index (χ4v) is 3.06. The van der Waals surface area contributed by atoms with Crippen LogP contribution in [0.4, 0.5) is 0 Å². The van der Waals surface area contributed by atoms with Gasteiger partial charge < -0.3 is 9.47 Å². The van der Waals surface area contributed by atoms with Gasteiger partial charge in [-0.2, -0.15) is 5.10 Å². The van der Waals surface area contributed by atoms with E-state index in [1.54, 1.807) is 0 Å². The van der Waals surface area contributed by atoms with Crippen molar-refractivity contribution in [2.75, 3.05) is 6.61 Å². The number of halogens is 1. The summed E-state index contributed by atoms with van der Waals surface area (Å²) >= 11 is 3.43. The third kappa shape index (κ3) is 4.69. The van der Waals surface area contributed by atoms with Crippen LogP contribution >= 0.6 is 15.9 Å². The van der Waals surface area contributed by atoms with E-state index in [4.69, 9.17) is 9.47 Å². The third-order valence-corrected chi connectivity index (χ3v) is 4.83. The zero-order valence-electron chi connectivity index (χ0n) is 15.9. The van der Waals surface area contributed by atoms with Gasteiger partial charge in [0.05, 0.1) is 5.71 Å². The van der Waals surface area contributed by atoms with E-state index >= 15 is 0 Å². The van der Waals surface area contributed by atoms with Crippen LogP contribution in [0, 0.1) is 0 Å². The molecule has 0 saturated carbocycles. The molecule has 3 rings (SSSR count). The van der Waals surface area contributed by atoms with Crippen molar-refractivity contribution in [1.29, 1.82) is 0 Å². The maximum Gasteiger partial charge on any atom is 0.284 e. The molecule has 0 saturated heterocycles. The number of nitrogens with one attached hydrogen (secondary N) is 1. The molecule has 1 heterocycles. The highest BCUT2D eigenvalue weighted by Gasteiger charge is 2.28.